The Morgan fingerprint density at radius 2 is 1.69 bits per heavy atom. The van der Waals surface area contributed by atoms with E-state index in [-0.39, 0.29) is 28.9 Å². The molecule has 0 aliphatic rings. The van der Waals surface area contributed by atoms with Crippen molar-refractivity contribution in [1.29, 1.82) is 0 Å². The highest BCUT2D eigenvalue weighted by molar-refractivity contribution is 7.92. The van der Waals surface area contributed by atoms with Gasteiger partial charge in [0.25, 0.3) is 10.0 Å². The number of fused-ring (bicyclic) bond motifs is 1. The van der Waals surface area contributed by atoms with Crippen LogP contribution in [-0.4, -0.2) is 31.8 Å². The molecule has 0 fully saturated rings. The molecule has 12 heteroatoms. The third kappa shape index (κ3) is 6.79. The first-order chi connectivity index (χ1) is 18.3. The fourth-order valence-electron chi connectivity index (χ4n) is 3.68. The molecule has 0 amide bonds. The molecular formula is C27H22ClF3N2O5S. The van der Waals surface area contributed by atoms with E-state index in [9.17, 15) is 26.4 Å². The largest absolute Gasteiger partial charge is 0.573 e. The maximum atomic E-state index is 13.8. The summed E-state index contributed by atoms with van der Waals surface area (Å²) in [5, 5.41) is 1.63. The summed E-state index contributed by atoms with van der Waals surface area (Å²) in [5.41, 5.74) is 0.538. The number of ether oxygens (including phenoxy) is 2. The van der Waals surface area contributed by atoms with Crippen molar-refractivity contribution in [1.82, 2.24) is 4.98 Å². The molecule has 0 radical (unpaired) electrons. The number of carbonyl (C=O) groups excluding carboxylic acids is 1. The van der Waals surface area contributed by atoms with Crippen molar-refractivity contribution in [3.8, 4) is 5.75 Å². The monoisotopic (exact) mass is 578 g/mol. The van der Waals surface area contributed by atoms with E-state index in [4.69, 9.17) is 16.3 Å². The number of hydrogen-bond donors (Lipinski definition) is 0. The van der Waals surface area contributed by atoms with Gasteiger partial charge in [0.2, 0.25) is 0 Å². The summed E-state index contributed by atoms with van der Waals surface area (Å²) >= 11 is 6.33. The molecule has 0 aliphatic heterocycles. The second-order valence-corrected chi connectivity index (χ2v) is 11.0. The van der Waals surface area contributed by atoms with Gasteiger partial charge in [0.05, 0.1) is 23.1 Å². The standard InChI is InChI=1S/C27H22ClF3N2O5S/c1-17(2)37-26(34)19-8-12-22(13-9-19)39(35,36)33(16-18-6-10-21(11-7-18)38-27(29,30)31)25-14-23-20(15-32-25)4-3-5-24(23)28/h3-15,17H,16H2,1-2H3. The smallest absolute Gasteiger partial charge is 0.459 e. The molecule has 0 atom stereocenters. The van der Waals surface area contributed by atoms with Gasteiger partial charge in [0.15, 0.2) is 0 Å². The quantitative estimate of drug-likeness (QED) is 0.215. The van der Waals surface area contributed by atoms with Crippen molar-refractivity contribution in [2.24, 2.45) is 0 Å². The Bertz CT molecular complexity index is 1590. The molecule has 0 saturated carbocycles. The van der Waals surface area contributed by atoms with E-state index < -0.39 is 28.1 Å². The number of hydrogen-bond acceptors (Lipinski definition) is 6. The summed E-state index contributed by atoms with van der Waals surface area (Å²) in [7, 11) is -4.27. The maximum absolute atomic E-state index is 13.8. The minimum absolute atomic E-state index is 0.0366. The lowest BCUT2D eigenvalue weighted by Gasteiger charge is -2.24. The average molecular weight is 579 g/mol. The van der Waals surface area contributed by atoms with Crippen molar-refractivity contribution < 1.29 is 35.9 Å². The van der Waals surface area contributed by atoms with E-state index in [1.54, 1.807) is 32.0 Å². The van der Waals surface area contributed by atoms with Crippen LogP contribution < -0.4 is 9.04 Å². The molecule has 204 valence electrons. The first kappa shape index (κ1) is 28.2. The summed E-state index contributed by atoms with van der Waals surface area (Å²) in [4.78, 5) is 16.4. The predicted octanol–water partition coefficient (Wildman–Crippen LogP) is 6.75. The Hall–Kier alpha value is -3.83. The number of benzene rings is 3. The molecule has 7 nitrogen and oxygen atoms in total. The van der Waals surface area contributed by atoms with Crippen LogP contribution in [0.25, 0.3) is 10.8 Å². The van der Waals surface area contributed by atoms with Gasteiger partial charge >= 0.3 is 12.3 Å². The molecule has 0 spiro atoms. The molecule has 0 saturated heterocycles. The van der Waals surface area contributed by atoms with E-state index in [0.717, 1.165) is 16.4 Å². The van der Waals surface area contributed by atoms with Gasteiger partial charge in [-0.15, -0.1) is 13.2 Å². The van der Waals surface area contributed by atoms with Gasteiger partial charge in [-0.05, 0) is 67.9 Å². The van der Waals surface area contributed by atoms with Crippen molar-refractivity contribution in [3.63, 3.8) is 0 Å². The first-order valence-electron chi connectivity index (χ1n) is 11.6. The number of nitrogens with zero attached hydrogens (tertiary/aromatic N) is 2. The Kier molecular flexibility index (Phi) is 8.03. The zero-order valence-corrected chi connectivity index (χ0v) is 22.2. The highest BCUT2D eigenvalue weighted by Crippen LogP contribution is 2.31. The Balaban J connectivity index is 1.74. The van der Waals surface area contributed by atoms with Crippen LogP contribution in [-0.2, 0) is 21.3 Å². The van der Waals surface area contributed by atoms with E-state index in [0.29, 0.717) is 21.4 Å². The summed E-state index contributed by atoms with van der Waals surface area (Å²) in [6, 6.07) is 16.7. The molecule has 39 heavy (non-hydrogen) atoms. The van der Waals surface area contributed by atoms with Gasteiger partial charge in [0, 0.05) is 22.0 Å². The minimum Gasteiger partial charge on any atom is -0.459 e. The number of aromatic nitrogens is 1. The molecule has 3 aromatic carbocycles. The van der Waals surface area contributed by atoms with E-state index in [1.807, 2.05) is 0 Å². The molecule has 0 aliphatic carbocycles. The van der Waals surface area contributed by atoms with Crippen molar-refractivity contribution in [3.05, 3.63) is 95.1 Å². The molecule has 1 aromatic heterocycles. The van der Waals surface area contributed by atoms with Gasteiger partial charge in [-0.2, -0.15) is 0 Å². The SMILES string of the molecule is CC(C)OC(=O)c1ccc(S(=O)(=O)N(Cc2ccc(OC(F)(F)F)cc2)c2cc3c(Cl)cccc3cn2)cc1. The zero-order valence-electron chi connectivity index (χ0n) is 20.6. The molecule has 0 N–H and O–H groups in total. The normalized spacial score (nSPS) is 12.0. The van der Waals surface area contributed by atoms with Gasteiger partial charge in [-0.1, -0.05) is 35.9 Å². The maximum Gasteiger partial charge on any atom is 0.573 e. The fraction of sp³-hybridized carbons (Fsp3) is 0.185. The lowest BCUT2D eigenvalue weighted by atomic mass is 10.1. The first-order valence-corrected chi connectivity index (χ1v) is 13.4. The molecule has 0 bridgehead atoms. The number of halogens is 4. The van der Waals surface area contributed by atoms with Crippen LogP contribution in [0, 0.1) is 0 Å². The van der Waals surface area contributed by atoms with E-state index >= 15 is 0 Å². The van der Waals surface area contributed by atoms with Crippen LogP contribution in [0.2, 0.25) is 5.02 Å². The summed E-state index contributed by atoms with van der Waals surface area (Å²) in [6.07, 6.45) is -3.74. The summed E-state index contributed by atoms with van der Waals surface area (Å²) in [5.74, 6) is -1.01. The van der Waals surface area contributed by atoms with Gasteiger partial charge in [0.1, 0.15) is 11.6 Å². The topological polar surface area (TPSA) is 85.8 Å². The van der Waals surface area contributed by atoms with Crippen LogP contribution in [0.5, 0.6) is 5.75 Å². The number of carbonyl (C=O) groups is 1. The van der Waals surface area contributed by atoms with Crippen molar-refractivity contribution >= 4 is 44.2 Å². The lowest BCUT2D eigenvalue weighted by molar-refractivity contribution is -0.274. The number of pyridine rings is 1. The second-order valence-electron chi connectivity index (χ2n) is 8.69. The van der Waals surface area contributed by atoms with Crippen LogP contribution in [0.4, 0.5) is 19.0 Å². The van der Waals surface area contributed by atoms with Crippen LogP contribution in [0.15, 0.2) is 83.9 Å². The van der Waals surface area contributed by atoms with E-state index in [1.165, 1.54) is 48.7 Å². The Morgan fingerprint density at radius 1 is 1.03 bits per heavy atom. The highest BCUT2D eigenvalue weighted by Gasteiger charge is 2.31. The van der Waals surface area contributed by atoms with Crippen molar-refractivity contribution in [2.45, 2.75) is 37.8 Å². The molecule has 1 heterocycles. The number of sulfonamides is 1. The number of rotatable bonds is 8. The van der Waals surface area contributed by atoms with E-state index in [2.05, 4.69) is 9.72 Å². The number of anilines is 1. The lowest BCUT2D eigenvalue weighted by Crippen LogP contribution is -2.31. The zero-order chi connectivity index (χ0) is 28.4. The molecule has 0 unspecified atom stereocenters. The molecule has 4 aromatic rings. The van der Waals surface area contributed by atoms with Crippen LogP contribution in [0.3, 0.4) is 0 Å². The average Bonchev–Trinajstić information content (AvgIpc) is 2.87. The second kappa shape index (κ2) is 11.1. The Morgan fingerprint density at radius 3 is 2.31 bits per heavy atom. The number of alkyl halides is 3. The molecular weight excluding hydrogens is 557 g/mol. The third-order valence-corrected chi connectivity index (χ3v) is 7.55. The van der Waals surface area contributed by atoms with Crippen LogP contribution >= 0.6 is 11.6 Å². The van der Waals surface area contributed by atoms with Gasteiger partial charge in [-0.3, -0.25) is 0 Å². The minimum atomic E-state index is -4.86. The summed E-state index contributed by atoms with van der Waals surface area (Å²) in [6.45, 7) is 3.12. The van der Waals surface area contributed by atoms with Crippen LogP contribution in [0.1, 0.15) is 29.8 Å². The van der Waals surface area contributed by atoms with Crippen molar-refractivity contribution in [2.75, 3.05) is 4.31 Å². The van der Waals surface area contributed by atoms with Gasteiger partial charge < -0.3 is 9.47 Å². The summed E-state index contributed by atoms with van der Waals surface area (Å²) < 4.78 is 75.4. The molecule has 4 rings (SSSR count). The predicted molar refractivity (Wildman–Crippen MR) is 140 cm³/mol. The number of esters is 1. The fourth-order valence-corrected chi connectivity index (χ4v) is 5.32. The highest BCUT2D eigenvalue weighted by atomic mass is 35.5. The Labute approximate surface area is 227 Å². The third-order valence-electron chi connectivity index (χ3n) is 5.46. The van der Waals surface area contributed by atoms with Gasteiger partial charge in [-0.25, -0.2) is 22.5 Å².